The zero-order valence-electron chi connectivity index (χ0n) is 53.8. The van der Waals surface area contributed by atoms with Gasteiger partial charge in [-0.25, -0.2) is 28.3 Å². The molecule has 1 amide bonds. The number of amides is 1. The molecule has 0 spiro atoms. The number of carbonyl (C=O) groups is 6. The van der Waals surface area contributed by atoms with Gasteiger partial charge in [-0.1, -0.05) is 120 Å². The van der Waals surface area contributed by atoms with Crippen molar-refractivity contribution in [3.05, 3.63) is 215 Å². The fourth-order valence-corrected chi connectivity index (χ4v) is 9.75. The zero-order valence-corrected chi connectivity index (χ0v) is 52.8. The van der Waals surface area contributed by atoms with E-state index in [1.54, 1.807) is 48.8 Å². The molecule has 0 unspecified atom stereocenters. The van der Waals surface area contributed by atoms with Crippen molar-refractivity contribution in [3.63, 3.8) is 0 Å². The maximum atomic E-state index is 14.2. The van der Waals surface area contributed by atoms with E-state index in [4.69, 9.17) is 34.9 Å². The molecule has 0 saturated carbocycles. The zero-order chi connectivity index (χ0) is 69.6. The first kappa shape index (κ1) is 72.4. The number of rotatable bonds is 23. The Labute approximate surface area is 553 Å². The van der Waals surface area contributed by atoms with Gasteiger partial charge in [0.2, 0.25) is 17.7 Å². The Morgan fingerprint density at radius 3 is 1.41 bits per heavy atom. The highest BCUT2D eigenvalue weighted by Crippen LogP contribution is 2.37. The van der Waals surface area contributed by atoms with Crippen LogP contribution in [0.25, 0.3) is 44.5 Å². The Kier molecular flexibility index (Phi) is 26.6. The Hall–Kier alpha value is -11.0. The number of aromatic nitrogens is 4. The maximum Gasteiger partial charge on any atom is 0.360 e. The smallest absolute Gasteiger partial charge is 0.360 e. The summed E-state index contributed by atoms with van der Waals surface area (Å²) in [5, 5.41) is 32.2. The second kappa shape index (κ2) is 35.3. The highest BCUT2D eigenvalue weighted by molar-refractivity contribution is 6.02. The molecule has 0 fully saturated rings. The number of H-pyrrole nitrogens is 2. The van der Waals surface area contributed by atoms with E-state index in [0.717, 1.165) is 22.3 Å². The number of phenols is 2. The van der Waals surface area contributed by atoms with Crippen LogP contribution in [0.2, 0.25) is 0 Å². The number of benzene rings is 6. The number of carboxylic acid groups (broad SMARTS) is 1. The SMILES string of the molecule is C.COC(=O)c1nc([C@@H](N)C(C)C)oc1-c1c[nH]c2ccc(F)cc12.COC(=O)c1nc([C@@H](NC(=O)[C@@H](CC(=O)OCc2ccccc2)Cc2ccc(O)cc2)C(C)C)oc1-c1c[nH]c2ccc(F)cc12.O=C(C[C@@H](Cc1ccc(O)cc1)C(=O)O)OCc1ccccc1.[2H]CF. The van der Waals surface area contributed by atoms with Crippen LogP contribution in [0.1, 0.15) is 116 Å². The van der Waals surface area contributed by atoms with Crippen LogP contribution >= 0.6 is 0 Å². The number of methoxy groups -OCH3 is 2. The standard InChI is InChI=1S/C35H34FN3O7.C18H18O5.C17H18FN3O3.CH3F.CH4/c1-20(2)30(34-39-31(35(43)44-3)32(46-34)27-18-37-28-14-11-24(36)17-26(27)28)38-33(42)23(15-21-9-12-25(40)13-10-21)16-29(41)45-19-22-7-5-4-6-8-22;19-16-8-6-13(7-9-16)10-15(18(21)22)11-17(20)23-12-14-4-2-1-3-5-14;1-8(2)13(19)16-21-14(17(22)23-3)15(24-16)11-7-20-12-5-4-9(18)6-10(11)12;1-2;/h4-14,17-18,20,23,30,37,40H,15-16,19H2,1-3H3,(H,38,42);1-9,15,19H,10-12H2,(H,21,22);4-8,13,20H,19H2,1-3H3;1H3;1H4/t23-,30+;15-;13-;;/m110../s1/i;;;1D;. The highest BCUT2D eigenvalue weighted by Gasteiger charge is 2.34. The highest BCUT2D eigenvalue weighted by atomic mass is 19.1. The normalized spacial score (nSPS) is 12.2. The molecule has 4 heterocycles. The lowest BCUT2D eigenvalue weighted by atomic mass is 9.94. The van der Waals surface area contributed by atoms with Crippen molar-refractivity contribution in [3.8, 4) is 34.1 Å². The predicted octanol–water partition coefficient (Wildman–Crippen LogP) is 13.7. The number of aromatic hydroxyl groups is 2. The number of oxazole rings is 2. The second-order valence-electron chi connectivity index (χ2n) is 22.4. The fraction of sp³-hybridized carbons (Fsp3) is 0.278. The van der Waals surface area contributed by atoms with E-state index in [2.05, 4.69) is 25.3 Å². The largest absolute Gasteiger partial charge is 0.508 e. The van der Waals surface area contributed by atoms with Crippen molar-refractivity contribution < 1.29 is 86.4 Å². The number of carboxylic acids is 1. The summed E-state index contributed by atoms with van der Waals surface area (Å²) >= 11 is 0. The number of carbonyl (C=O) groups excluding carboxylic acids is 5. The van der Waals surface area contributed by atoms with Crippen molar-refractivity contribution in [1.82, 2.24) is 25.3 Å². The van der Waals surface area contributed by atoms with E-state index in [1.165, 1.54) is 62.8 Å². The molecule has 24 heteroatoms. The third-order valence-electron chi connectivity index (χ3n) is 14.9. The first-order valence-corrected chi connectivity index (χ1v) is 29.8. The number of hydrogen-bond donors (Lipinski definition) is 7. The number of nitrogens with one attached hydrogen (secondary N) is 3. The van der Waals surface area contributed by atoms with E-state index >= 15 is 0 Å². The molecule has 6 aromatic carbocycles. The number of nitrogens with zero attached hydrogens (tertiary/aromatic N) is 2. The summed E-state index contributed by atoms with van der Waals surface area (Å²) in [6.45, 7) is 7.73. The van der Waals surface area contributed by atoms with Gasteiger partial charge >= 0.3 is 29.8 Å². The van der Waals surface area contributed by atoms with Crippen LogP contribution in [-0.4, -0.2) is 92.4 Å². The molecule has 0 aliphatic rings. The quantitative estimate of drug-likeness (QED) is 0.0231. The summed E-state index contributed by atoms with van der Waals surface area (Å²) in [7, 11) is 1.47. The van der Waals surface area contributed by atoms with Crippen LogP contribution in [0.5, 0.6) is 11.5 Å². The van der Waals surface area contributed by atoms with Gasteiger partial charge in [0.15, 0.2) is 22.9 Å². The number of esters is 4. The molecule has 0 aliphatic carbocycles. The average molecular weight is 1320 g/mol. The molecule has 506 valence electrons. The lowest BCUT2D eigenvalue weighted by molar-refractivity contribution is -0.152. The lowest BCUT2D eigenvalue weighted by Crippen LogP contribution is -2.38. The molecule has 0 saturated heterocycles. The van der Waals surface area contributed by atoms with Gasteiger partial charge in [-0.15, -0.1) is 0 Å². The number of hydrogen-bond acceptors (Lipinski definition) is 17. The molecular formula is C72H77F3N6O15. The van der Waals surface area contributed by atoms with E-state index in [-0.39, 0.29) is 110 Å². The van der Waals surface area contributed by atoms with Gasteiger partial charge in [-0.05, 0) is 108 Å². The van der Waals surface area contributed by atoms with Crippen LogP contribution in [0.4, 0.5) is 13.2 Å². The number of halogens is 3. The number of fused-ring (bicyclic) bond motifs is 2. The first-order chi connectivity index (χ1) is 46.0. The van der Waals surface area contributed by atoms with Crippen LogP contribution in [0.15, 0.2) is 167 Å². The van der Waals surface area contributed by atoms with E-state index in [0.29, 0.717) is 32.9 Å². The first-order valence-electron chi connectivity index (χ1n) is 30.5. The number of aliphatic carboxylic acids is 1. The minimum Gasteiger partial charge on any atom is -0.508 e. The van der Waals surface area contributed by atoms with Crippen LogP contribution in [0.3, 0.4) is 0 Å². The molecule has 21 nitrogen and oxygen atoms in total. The molecular weight excluding hydrogens is 1250 g/mol. The van der Waals surface area contributed by atoms with E-state index in [1.807, 2.05) is 88.4 Å². The van der Waals surface area contributed by atoms with Crippen molar-refractivity contribution in [2.45, 2.75) is 86.1 Å². The summed E-state index contributed by atoms with van der Waals surface area (Å²) in [5.41, 5.74) is 11.4. The van der Waals surface area contributed by atoms with Crippen LogP contribution in [0, 0.1) is 35.3 Å². The summed E-state index contributed by atoms with van der Waals surface area (Å²) in [6.07, 6.45) is 3.21. The molecule has 0 aliphatic heterocycles. The number of nitrogens with two attached hydrogens (primary N) is 1. The second-order valence-corrected chi connectivity index (χ2v) is 22.4. The van der Waals surface area contributed by atoms with Crippen molar-refractivity contribution in [2.75, 3.05) is 21.4 Å². The van der Waals surface area contributed by atoms with Gasteiger partial charge in [0.1, 0.15) is 42.4 Å². The minimum absolute atomic E-state index is 0. The van der Waals surface area contributed by atoms with Crippen LogP contribution < -0.4 is 11.1 Å². The average Bonchev–Trinajstić information content (AvgIpc) is 1.63. The summed E-state index contributed by atoms with van der Waals surface area (Å²) in [5.74, 6) is -6.02. The van der Waals surface area contributed by atoms with Gasteiger partial charge in [0.05, 0.1) is 53.5 Å². The van der Waals surface area contributed by atoms with E-state index < -0.39 is 72.6 Å². The Morgan fingerprint density at radius 1 is 0.594 bits per heavy atom. The summed E-state index contributed by atoms with van der Waals surface area (Å²) in [4.78, 5) is 89.5. The minimum atomic E-state index is -1.05. The number of ether oxygens (including phenoxy) is 4. The summed E-state index contributed by atoms with van der Waals surface area (Å²) in [6, 6.07) is 38.3. The molecule has 8 N–H and O–H groups in total. The van der Waals surface area contributed by atoms with Gasteiger partial charge in [0, 0.05) is 45.3 Å². The third-order valence-corrected chi connectivity index (χ3v) is 14.9. The van der Waals surface area contributed by atoms with Crippen LogP contribution in [-0.2, 0) is 64.2 Å². The molecule has 96 heavy (non-hydrogen) atoms. The van der Waals surface area contributed by atoms with Crippen molar-refractivity contribution >= 4 is 57.6 Å². The Balaban J connectivity index is 0.000000245. The molecule has 10 aromatic rings. The number of alkyl halides is 1. The number of phenolic OH excluding ortho intramolecular Hbond substituents is 2. The van der Waals surface area contributed by atoms with Gasteiger partial charge in [0.25, 0.3) is 0 Å². The van der Waals surface area contributed by atoms with Gasteiger partial charge < -0.3 is 64.1 Å². The lowest BCUT2D eigenvalue weighted by Gasteiger charge is -2.23. The Bertz CT molecular complexity index is 4220. The van der Waals surface area contributed by atoms with Gasteiger partial charge in [-0.3, -0.25) is 23.6 Å². The third kappa shape index (κ3) is 20.0. The Morgan fingerprint density at radius 2 is 1.00 bits per heavy atom. The maximum absolute atomic E-state index is 14.2. The molecule has 0 radical (unpaired) electrons. The molecule has 10 rings (SSSR count). The topological polar surface area (TPSA) is 322 Å². The van der Waals surface area contributed by atoms with Gasteiger partial charge in [-0.2, -0.15) is 0 Å². The van der Waals surface area contributed by atoms with Crippen molar-refractivity contribution in [2.24, 2.45) is 29.4 Å². The fourth-order valence-electron chi connectivity index (χ4n) is 9.75. The molecule has 4 aromatic heterocycles. The monoisotopic (exact) mass is 1320 g/mol. The molecule has 0 bridgehead atoms. The molecule has 4 atom stereocenters. The predicted molar refractivity (Wildman–Crippen MR) is 351 cm³/mol. The van der Waals surface area contributed by atoms with Crippen molar-refractivity contribution in [1.29, 1.82) is 0 Å². The van der Waals surface area contributed by atoms with E-state index in [9.17, 15) is 57.3 Å². The number of aromatic amines is 2. The summed E-state index contributed by atoms with van der Waals surface area (Å²) < 4.78 is 75.5.